The van der Waals surface area contributed by atoms with Crippen molar-refractivity contribution in [1.82, 2.24) is 15.1 Å². The molecule has 0 saturated carbocycles. The number of nitrogens with one attached hydrogen (secondary N) is 2. The molecule has 2 N–H and O–H groups in total. The van der Waals surface area contributed by atoms with Crippen LogP contribution in [0.3, 0.4) is 0 Å². The highest BCUT2D eigenvalue weighted by Crippen LogP contribution is 2.16. The van der Waals surface area contributed by atoms with Gasteiger partial charge in [0.25, 0.3) is 5.91 Å². The van der Waals surface area contributed by atoms with Gasteiger partial charge in [-0.3, -0.25) is 19.3 Å². The maximum atomic E-state index is 12.8. The summed E-state index contributed by atoms with van der Waals surface area (Å²) in [5.41, 5.74) is 4.10. The Morgan fingerprint density at radius 3 is 2.17 bits per heavy atom. The summed E-state index contributed by atoms with van der Waals surface area (Å²) in [5.74, 6) is -0.313. The van der Waals surface area contributed by atoms with E-state index in [-0.39, 0.29) is 24.3 Å². The van der Waals surface area contributed by atoms with Gasteiger partial charge in [-0.25, -0.2) is 0 Å². The number of hydrogen-bond acceptors (Lipinski definition) is 4. The maximum Gasteiger partial charge on any atom is 0.253 e. The first kappa shape index (κ1) is 25.1. The lowest BCUT2D eigenvalue weighted by atomic mass is 10.1. The third-order valence-electron chi connectivity index (χ3n) is 6.31. The zero-order chi connectivity index (χ0) is 25.3. The SMILES string of the molecule is Cc1ccc(CC(=O)N2CCN(CC(=O)Nc3ccccc3C(=O)NCc3ccccc3)CC2)cc1. The molecule has 7 nitrogen and oxygen atoms in total. The number of anilines is 1. The van der Waals surface area contributed by atoms with E-state index in [0.717, 1.165) is 11.1 Å². The van der Waals surface area contributed by atoms with Gasteiger partial charge in [0.05, 0.1) is 24.2 Å². The van der Waals surface area contributed by atoms with Crippen LogP contribution in [0.4, 0.5) is 5.69 Å². The van der Waals surface area contributed by atoms with Crippen molar-refractivity contribution < 1.29 is 14.4 Å². The zero-order valence-electron chi connectivity index (χ0n) is 20.6. The minimum Gasteiger partial charge on any atom is -0.348 e. The predicted molar refractivity (Wildman–Crippen MR) is 141 cm³/mol. The molecule has 0 aliphatic carbocycles. The van der Waals surface area contributed by atoms with E-state index in [1.165, 1.54) is 5.56 Å². The summed E-state index contributed by atoms with van der Waals surface area (Å²) in [4.78, 5) is 42.1. The summed E-state index contributed by atoms with van der Waals surface area (Å²) in [5, 5.41) is 5.79. The number of amides is 3. The lowest BCUT2D eigenvalue weighted by Gasteiger charge is -2.34. The molecule has 1 aliphatic heterocycles. The molecule has 0 bridgehead atoms. The second kappa shape index (κ2) is 12.1. The molecule has 0 aromatic heterocycles. The van der Waals surface area contributed by atoms with Crippen LogP contribution < -0.4 is 10.6 Å². The standard InChI is InChI=1S/C29H32N4O3/c1-22-11-13-23(14-12-22)19-28(35)33-17-15-32(16-18-33)21-27(34)31-26-10-6-5-9-25(26)29(36)30-20-24-7-3-2-4-8-24/h2-14H,15-21H2,1H3,(H,30,36)(H,31,34). The van der Waals surface area contributed by atoms with Crippen LogP contribution in [0.5, 0.6) is 0 Å². The first-order valence-corrected chi connectivity index (χ1v) is 12.2. The molecule has 36 heavy (non-hydrogen) atoms. The molecule has 186 valence electrons. The van der Waals surface area contributed by atoms with Crippen molar-refractivity contribution in [1.29, 1.82) is 0 Å². The van der Waals surface area contributed by atoms with E-state index in [4.69, 9.17) is 0 Å². The number of nitrogens with zero attached hydrogens (tertiary/aromatic N) is 2. The zero-order valence-corrected chi connectivity index (χ0v) is 20.6. The molecule has 3 aromatic rings. The minimum atomic E-state index is -0.240. The molecule has 4 rings (SSSR count). The van der Waals surface area contributed by atoms with Gasteiger partial charge in [0.2, 0.25) is 11.8 Å². The molecule has 0 unspecified atom stereocenters. The summed E-state index contributed by atoms with van der Waals surface area (Å²) in [6.45, 7) is 5.10. The van der Waals surface area contributed by atoms with Crippen LogP contribution in [0.2, 0.25) is 0 Å². The van der Waals surface area contributed by atoms with E-state index in [1.54, 1.807) is 24.3 Å². The lowest BCUT2D eigenvalue weighted by molar-refractivity contribution is -0.132. The van der Waals surface area contributed by atoms with E-state index >= 15 is 0 Å². The maximum absolute atomic E-state index is 12.8. The second-order valence-corrected chi connectivity index (χ2v) is 9.08. The van der Waals surface area contributed by atoms with Crippen molar-refractivity contribution in [3.8, 4) is 0 Å². The molecule has 3 aromatic carbocycles. The Kier molecular flexibility index (Phi) is 8.47. The summed E-state index contributed by atoms with van der Waals surface area (Å²) in [6, 6.07) is 24.7. The molecular formula is C29H32N4O3. The summed E-state index contributed by atoms with van der Waals surface area (Å²) in [6.07, 6.45) is 0.393. The Morgan fingerprint density at radius 2 is 1.44 bits per heavy atom. The smallest absolute Gasteiger partial charge is 0.253 e. The molecule has 0 atom stereocenters. The Labute approximate surface area is 212 Å². The Hall–Kier alpha value is -3.97. The Bertz CT molecular complexity index is 1190. The van der Waals surface area contributed by atoms with E-state index in [1.807, 2.05) is 71.3 Å². The van der Waals surface area contributed by atoms with Gasteiger partial charge in [0.1, 0.15) is 0 Å². The first-order valence-electron chi connectivity index (χ1n) is 12.2. The highest BCUT2D eigenvalue weighted by molar-refractivity contribution is 6.04. The Morgan fingerprint density at radius 1 is 0.778 bits per heavy atom. The average molecular weight is 485 g/mol. The van der Waals surface area contributed by atoms with Gasteiger partial charge in [0, 0.05) is 32.7 Å². The van der Waals surface area contributed by atoms with Gasteiger partial charge >= 0.3 is 0 Å². The lowest BCUT2D eigenvalue weighted by Crippen LogP contribution is -2.50. The predicted octanol–water partition coefficient (Wildman–Crippen LogP) is 3.25. The van der Waals surface area contributed by atoms with Crippen LogP contribution in [-0.4, -0.2) is 60.2 Å². The third kappa shape index (κ3) is 7.02. The fourth-order valence-corrected chi connectivity index (χ4v) is 4.20. The highest BCUT2D eigenvalue weighted by Gasteiger charge is 2.23. The fourth-order valence-electron chi connectivity index (χ4n) is 4.20. The summed E-state index contributed by atoms with van der Waals surface area (Å²) < 4.78 is 0. The average Bonchev–Trinajstić information content (AvgIpc) is 2.90. The molecule has 1 heterocycles. The largest absolute Gasteiger partial charge is 0.348 e. The highest BCUT2D eigenvalue weighted by atomic mass is 16.2. The summed E-state index contributed by atoms with van der Waals surface area (Å²) >= 11 is 0. The molecule has 1 fully saturated rings. The number of hydrogen-bond donors (Lipinski definition) is 2. The van der Waals surface area contributed by atoms with Crippen LogP contribution in [0, 0.1) is 6.92 Å². The summed E-state index contributed by atoms with van der Waals surface area (Å²) in [7, 11) is 0. The van der Waals surface area contributed by atoms with Crippen LogP contribution in [0.15, 0.2) is 78.9 Å². The number of rotatable bonds is 8. The van der Waals surface area contributed by atoms with Gasteiger partial charge < -0.3 is 15.5 Å². The molecular weight excluding hydrogens is 452 g/mol. The Balaban J connectivity index is 1.25. The van der Waals surface area contributed by atoms with Crippen molar-refractivity contribution in [3.05, 3.63) is 101 Å². The van der Waals surface area contributed by atoms with E-state index in [0.29, 0.717) is 50.4 Å². The van der Waals surface area contributed by atoms with Crippen LogP contribution in [-0.2, 0) is 22.6 Å². The molecule has 0 spiro atoms. The third-order valence-corrected chi connectivity index (χ3v) is 6.31. The number of piperazine rings is 1. The number of para-hydroxylation sites is 1. The van der Waals surface area contributed by atoms with Gasteiger partial charge in [0.15, 0.2) is 0 Å². The van der Waals surface area contributed by atoms with Crippen molar-refractivity contribution in [3.63, 3.8) is 0 Å². The minimum absolute atomic E-state index is 0.110. The van der Waals surface area contributed by atoms with Gasteiger partial charge in [-0.15, -0.1) is 0 Å². The van der Waals surface area contributed by atoms with E-state index < -0.39 is 0 Å². The van der Waals surface area contributed by atoms with Gasteiger partial charge in [-0.1, -0.05) is 72.3 Å². The van der Waals surface area contributed by atoms with Crippen molar-refractivity contribution in [2.45, 2.75) is 19.9 Å². The number of benzene rings is 3. The molecule has 1 aliphatic rings. The van der Waals surface area contributed by atoms with Crippen LogP contribution >= 0.6 is 0 Å². The van der Waals surface area contributed by atoms with Crippen molar-refractivity contribution >= 4 is 23.4 Å². The molecule has 1 saturated heterocycles. The quantitative estimate of drug-likeness (QED) is 0.514. The number of aryl methyl sites for hydroxylation is 1. The normalized spacial score (nSPS) is 13.8. The first-order chi connectivity index (χ1) is 17.5. The van der Waals surface area contributed by atoms with Crippen molar-refractivity contribution in [2.24, 2.45) is 0 Å². The monoisotopic (exact) mass is 484 g/mol. The molecule has 0 radical (unpaired) electrons. The number of carbonyl (C=O) groups is 3. The second-order valence-electron chi connectivity index (χ2n) is 9.08. The van der Waals surface area contributed by atoms with E-state index in [9.17, 15) is 14.4 Å². The van der Waals surface area contributed by atoms with Crippen molar-refractivity contribution in [2.75, 3.05) is 38.0 Å². The van der Waals surface area contributed by atoms with Gasteiger partial charge in [-0.05, 0) is 30.2 Å². The fraction of sp³-hybridized carbons (Fsp3) is 0.276. The van der Waals surface area contributed by atoms with Crippen LogP contribution in [0.25, 0.3) is 0 Å². The van der Waals surface area contributed by atoms with Gasteiger partial charge in [-0.2, -0.15) is 0 Å². The van der Waals surface area contributed by atoms with Crippen LogP contribution in [0.1, 0.15) is 27.0 Å². The molecule has 3 amide bonds. The van der Waals surface area contributed by atoms with E-state index in [2.05, 4.69) is 10.6 Å². The topological polar surface area (TPSA) is 81.8 Å². The number of carbonyl (C=O) groups excluding carboxylic acids is 3. The molecule has 7 heteroatoms.